The molecule has 0 spiro atoms. The highest BCUT2D eigenvalue weighted by Crippen LogP contribution is 2.40. The molecule has 2 aromatic heterocycles. The number of aromatic amines is 1. The summed E-state index contributed by atoms with van der Waals surface area (Å²) in [5, 5.41) is 11.2. The first kappa shape index (κ1) is 16.2. The van der Waals surface area contributed by atoms with Crippen LogP contribution in [0.5, 0.6) is 5.75 Å². The van der Waals surface area contributed by atoms with E-state index in [1.165, 1.54) is 12.4 Å². The van der Waals surface area contributed by atoms with E-state index in [1.807, 2.05) is 13.0 Å². The molecule has 0 saturated carbocycles. The smallest absolute Gasteiger partial charge is 0.292 e. The Bertz CT molecular complexity index is 984. The quantitative estimate of drug-likeness (QED) is 0.677. The third kappa shape index (κ3) is 2.53. The summed E-state index contributed by atoms with van der Waals surface area (Å²) in [7, 11) is 0. The summed E-state index contributed by atoms with van der Waals surface area (Å²) in [5.41, 5.74) is 2.88. The van der Waals surface area contributed by atoms with Gasteiger partial charge in [-0.1, -0.05) is 29.3 Å². The van der Waals surface area contributed by atoms with Gasteiger partial charge in [-0.2, -0.15) is 0 Å². The highest BCUT2D eigenvalue weighted by molar-refractivity contribution is 6.45. The van der Waals surface area contributed by atoms with E-state index in [2.05, 4.69) is 15.0 Å². The largest absolute Gasteiger partial charge is 0.505 e. The lowest BCUT2D eigenvalue weighted by Gasteiger charge is -2.33. The summed E-state index contributed by atoms with van der Waals surface area (Å²) >= 11 is 12.4. The minimum absolute atomic E-state index is 0.0639. The normalized spacial score (nSPS) is 16.9. The van der Waals surface area contributed by atoms with Crippen molar-refractivity contribution in [2.75, 3.05) is 6.54 Å². The summed E-state index contributed by atoms with van der Waals surface area (Å²) in [6.45, 7) is 2.50. The molecule has 0 radical (unpaired) electrons. The molecule has 25 heavy (non-hydrogen) atoms. The molecular formula is C17H14Cl2N4O2. The number of aromatic hydroxyl groups is 1. The van der Waals surface area contributed by atoms with Crippen molar-refractivity contribution >= 4 is 40.0 Å². The van der Waals surface area contributed by atoms with Crippen LogP contribution in [0.2, 0.25) is 10.0 Å². The predicted molar refractivity (Wildman–Crippen MR) is 95.2 cm³/mol. The second kappa shape index (κ2) is 5.89. The molecule has 128 valence electrons. The molecule has 0 saturated heterocycles. The lowest BCUT2D eigenvalue weighted by atomic mass is 9.97. The van der Waals surface area contributed by atoms with Crippen LogP contribution in [-0.2, 0) is 6.42 Å². The summed E-state index contributed by atoms with van der Waals surface area (Å²) in [4.78, 5) is 25.7. The van der Waals surface area contributed by atoms with Crippen LogP contribution in [0.4, 0.5) is 0 Å². The molecule has 6 nitrogen and oxygen atoms in total. The van der Waals surface area contributed by atoms with Crippen molar-refractivity contribution in [3.63, 3.8) is 0 Å². The molecule has 0 fully saturated rings. The van der Waals surface area contributed by atoms with Crippen LogP contribution >= 0.6 is 23.2 Å². The van der Waals surface area contributed by atoms with Crippen LogP contribution in [-0.4, -0.2) is 37.4 Å². The molecule has 1 aliphatic heterocycles. The first-order valence-electron chi connectivity index (χ1n) is 7.77. The van der Waals surface area contributed by atoms with Gasteiger partial charge in [0.15, 0.2) is 5.75 Å². The minimum atomic E-state index is -0.271. The molecule has 1 atom stereocenters. The predicted octanol–water partition coefficient (Wildman–Crippen LogP) is 3.73. The van der Waals surface area contributed by atoms with E-state index in [0.29, 0.717) is 23.0 Å². The fourth-order valence-corrected chi connectivity index (χ4v) is 3.74. The summed E-state index contributed by atoms with van der Waals surface area (Å²) in [6.07, 6.45) is 3.10. The van der Waals surface area contributed by atoms with Crippen LogP contribution in [0.15, 0.2) is 24.5 Å². The van der Waals surface area contributed by atoms with Crippen LogP contribution in [0.3, 0.4) is 0 Å². The van der Waals surface area contributed by atoms with E-state index in [9.17, 15) is 9.90 Å². The number of hydrogen-bond donors (Lipinski definition) is 2. The number of nitrogens with one attached hydrogen (secondary N) is 1. The van der Waals surface area contributed by atoms with Crippen LogP contribution in [0.1, 0.15) is 34.8 Å². The van der Waals surface area contributed by atoms with E-state index in [4.69, 9.17) is 23.2 Å². The van der Waals surface area contributed by atoms with Gasteiger partial charge >= 0.3 is 0 Å². The molecule has 1 aromatic carbocycles. The fourth-order valence-electron chi connectivity index (χ4n) is 3.37. The maximum atomic E-state index is 12.8. The van der Waals surface area contributed by atoms with Crippen molar-refractivity contribution < 1.29 is 9.90 Å². The molecule has 3 aromatic rings. The van der Waals surface area contributed by atoms with E-state index < -0.39 is 0 Å². The number of amides is 1. The van der Waals surface area contributed by atoms with Crippen molar-refractivity contribution in [3.05, 3.63) is 51.7 Å². The Balaban J connectivity index is 1.76. The Labute approximate surface area is 153 Å². The Morgan fingerprint density at radius 2 is 2.04 bits per heavy atom. The number of carbonyl (C=O) groups excluding carboxylic acids is 1. The molecule has 1 amide bonds. The number of nitrogens with zero attached hydrogens (tertiary/aromatic N) is 3. The van der Waals surface area contributed by atoms with Crippen LogP contribution < -0.4 is 0 Å². The number of rotatable bonds is 1. The molecule has 1 aliphatic rings. The lowest BCUT2D eigenvalue weighted by molar-refractivity contribution is 0.0665. The van der Waals surface area contributed by atoms with E-state index in [0.717, 1.165) is 22.2 Å². The second-order valence-electron chi connectivity index (χ2n) is 5.99. The molecule has 0 aliphatic carbocycles. The van der Waals surface area contributed by atoms with Gasteiger partial charge in [0.25, 0.3) is 5.91 Å². The first-order chi connectivity index (χ1) is 12.0. The van der Waals surface area contributed by atoms with Gasteiger partial charge in [0.2, 0.25) is 5.82 Å². The average molecular weight is 377 g/mol. The van der Waals surface area contributed by atoms with Gasteiger partial charge in [-0.15, -0.1) is 0 Å². The molecular weight excluding hydrogens is 363 g/mol. The number of benzene rings is 1. The maximum absolute atomic E-state index is 12.8. The van der Waals surface area contributed by atoms with Crippen molar-refractivity contribution in [3.8, 4) is 5.75 Å². The zero-order valence-electron chi connectivity index (χ0n) is 13.3. The highest BCUT2D eigenvalue weighted by Gasteiger charge is 2.32. The topological polar surface area (TPSA) is 82.1 Å². The summed E-state index contributed by atoms with van der Waals surface area (Å²) in [6, 6.07) is 3.51. The zero-order valence-corrected chi connectivity index (χ0v) is 14.8. The highest BCUT2D eigenvalue weighted by atomic mass is 35.5. The SMILES string of the molecule is CC1c2c([nH]c3c(Cl)c(Cl)ccc23)CCN1C(=O)c1ncc(O)cn1. The van der Waals surface area contributed by atoms with Gasteiger partial charge < -0.3 is 15.0 Å². The molecule has 8 heteroatoms. The van der Waals surface area contributed by atoms with Crippen molar-refractivity contribution in [2.45, 2.75) is 19.4 Å². The zero-order chi connectivity index (χ0) is 17.7. The number of halogens is 2. The van der Waals surface area contributed by atoms with Gasteiger partial charge in [-0.05, 0) is 13.0 Å². The Hall–Kier alpha value is -2.31. The van der Waals surface area contributed by atoms with Gasteiger partial charge in [-0.25, -0.2) is 9.97 Å². The minimum Gasteiger partial charge on any atom is -0.505 e. The monoisotopic (exact) mass is 376 g/mol. The molecule has 4 rings (SSSR count). The van der Waals surface area contributed by atoms with E-state index >= 15 is 0 Å². The van der Waals surface area contributed by atoms with Crippen LogP contribution in [0.25, 0.3) is 10.9 Å². The number of carbonyl (C=O) groups is 1. The average Bonchev–Trinajstić information content (AvgIpc) is 2.99. The third-order valence-corrected chi connectivity index (χ3v) is 5.37. The molecule has 0 bridgehead atoms. The van der Waals surface area contributed by atoms with E-state index in [1.54, 1.807) is 11.0 Å². The number of H-pyrrole nitrogens is 1. The number of fused-ring (bicyclic) bond motifs is 3. The Kier molecular flexibility index (Phi) is 3.81. The summed E-state index contributed by atoms with van der Waals surface area (Å²) in [5.74, 6) is -0.282. The first-order valence-corrected chi connectivity index (χ1v) is 8.53. The Morgan fingerprint density at radius 1 is 1.32 bits per heavy atom. The number of aromatic nitrogens is 3. The van der Waals surface area contributed by atoms with Crippen molar-refractivity contribution in [1.82, 2.24) is 19.9 Å². The van der Waals surface area contributed by atoms with E-state index in [-0.39, 0.29) is 23.5 Å². The Morgan fingerprint density at radius 3 is 2.76 bits per heavy atom. The lowest BCUT2D eigenvalue weighted by Crippen LogP contribution is -2.39. The third-order valence-electron chi connectivity index (χ3n) is 4.56. The standard InChI is InChI=1S/C17H14Cl2N4O2/c1-8-13-10-2-3-11(18)14(19)15(10)22-12(13)4-5-23(8)17(25)16-20-6-9(24)7-21-16/h2-3,6-8,22,24H,4-5H2,1H3. The van der Waals surface area contributed by atoms with Gasteiger partial charge in [-0.3, -0.25) is 4.79 Å². The molecule has 2 N–H and O–H groups in total. The summed E-state index contributed by atoms with van der Waals surface area (Å²) < 4.78 is 0. The second-order valence-corrected chi connectivity index (χ2v) is 6.78. The fraction of sp³-hybridized carbons (Fsp3) is 0.235. The van der Waals surface area contributed by atoms with Gasteiger partial charge in [0, 0.05) is 29.6 Å². The maximum Gasteiger partial charge on any atom is 0.292 e. The van der Waals surface area contributed by atoms with Crippen LogP contribution in [0, 0.1) is 0 Å². The number of hydrogen-bond acceptors (Lipinski definition) is 4. The van der Waals surface area contributed by atoms with Crippen molar-refractivity contribution in [2.24, 2.45) is 0 Å². The molecule has 3 heterocycles. The van der Waals surface area contributed by atoms with Crippen molar-refractivity contribution in [1.29, 1.82) is 0 Å². The molecule has 1 unspecified atom stereocenters. The van der Waals surface area contributed by atoms with Gasteiger partial charge in [0.05, 0.1) is 34.0 Å². The van der Waals surface area contributed by atoms with Gasteiger partial charge in [0.1, 0.15) is 0 Å².